The molecule has 0 saturated carbocycles. The van der Waals surface area contributed by atoms with Crippen molar-refractivity contribution in [1.29, 1.82) is 0 Å². The molecule has 100 valence electrons. The van der Waals surface area contributed by atoms with Crippen molar-refractivity contribution in [3.63, 3.8) is 0 Å². The Hall–Kier alpha value is -1.81. The fourth-order valence-electron chi connectivity index (χ4n) is 1.67. The van der Waals surface area contributed by atoms with Gasteiger partial charge in [-0.1, -0.05) is 12.1 Å². The van der Waals surface area contributed by atoms with E-state index in [1.807, 2.05) is 0 Å². The zero-order chi connectivity index (χ0) is 14.0. The summed E-state index contributed by atoms with van der Waals surface area (Å²) in [6, 6.07) is 7.52. The third kappa shape index (κ3) is 3.15. The van der Waals surface area contributed by atoms with E-state index in [-0.39, 0.29) is 28.7 Å². The van der Waals surface area contributed by atoms with Crippen molar-refractivity contribution >= 4 is 17.5 Å². The SMILES string of the molecule is Cc1ccc(C(C)NC(=O)c2ccc(Cl)o2)cc1F. The minimum atomic E-state index is -0.389. The third-order valence-electron chi connectivity index (χ3n) is 2.84. The second-order valence-corrected chi connectivity index (χ2v) is 4.68. The lowest BCUT2D eigenvalue weighted by Gasteiger charge is -2.14. The van der Waals surface area contributed by atoms with Crippen molar-refractivity contribution in [2.45, 2.75) is 19.9 Å². The topological polar surface area (TPSA) is 42.2 Å². The quantitative estimate of drug-likeness (QED) is 0.928. The Morgan fingerprint density at radius 3 is 2.68 bits per heavy atom. The third-order valence-corrected chi connectivity index (χ3v) is 3.04. The number of amides is 1. The number of furan rings is 1. The maximum Gasteiger partial charge on any atom is 0.287 e. The van der Waals surface area contributed by atoms with Crippen LogP contribution in [0.25, 0.3) is 0 Å². The first-order valence-electron chi connectivity index (χ1n) is 5.79. The Morgan fingerprint density at radius 1 is 1.37 bits per heavy atom. The van der Waals surface area contributed by atoms with Crippen molar-refractivity contribution < 1.29 is 13.6 Å². The minimum absolute atomic E-state index is 0.129. The summed E-state index contributed by atoms with van der Waals surface area (Å²) in [6.45, 7) is 3.46. The van der Waals surface area contributed by atoms with E-state index < -0.39 is 0 Å². The van der Waals surface area contributed by atoms with E-state index in [0.29, 0.717) is 11.1 Å². The molecule has 19 heavy (non-hydrogen) atoms. The molecule has 1 heterocycles. The van der Waals surface area contributed by atoms with Crippen LogP contribution in [0.1, 0.15) is 34.6 Å². The monoisotopic (exact) mass is 281 g/mol. The Balaban J connectivity index is 2.10. The summed E-state index contributed by atoms with van der Waals surface area (Å²) >= 11 is 5.60. The predicted molar refractivity (Wildman–Crippen MR) is 70.7 cm³/mol. The lowest BCUT2D eigenvalue weighted by molar-refractivity contribution is 0.0912. The summed E-state index contributed by atoms with van der Waals surface area (Å²) in [5.41, 5.74) is 1.26. The molecule has 0 aliphatic rings. The summed E-state index contributed by atoms with van der Waals surface area (Å²) in [6.07, 6.45) is 0. The smallest absolute Gasteiger partial charge is 0.287 e. The van der Waals surface area contributed by atoms with Gasteiger partial charge in [0.15, 0.2) is 11.0 Å². The van der Waals surface area contributed by atoms with Gasteiger partial charge in [0, 0.05) is 0 Å². The number of halogens is 2. The highest BCUT2D eigenvalue weighted by Crippen LogP contribution is 2.18. The van der Waals surface area contributed by atoms with Gasteiger partial charge in [0.25, 0.3) is 5.91 Å². The number of carbonyl (C=O) groups is 1. The first kappa shape index (κ1) is 13.6. The van der Waals surface area contributed by atoms with Gasteiger partial charge in [0.2, 0.25) is 0 Å². The van der Waals surface area contributed by atoms with Gasteiger partial charge < -0.3 is 9.73 Å². The second-order valence-electron chi connectivity index (χ2n) is 4.31. The number of benzene rings is 1. The molecule has 1 amide bonds. The highest BCUT2D eigenvalue weighted by molar-refractivity contribution is 6.29. The van der Waals surface area contributed by atoms with Gasteiger partial charge in [0.1, 0.15) is 5.82 Å². The summed E-state index contributed by atoms with van der Waals surface area (Å²) in [5, 5.41) is 2.87. The molecule has 1 aromatic carbocycles. The molecule has 0 saturated heterocycles. The summed E-state index contributed by atoms with van der Waals surface area (Å²) in [4.78, 5) is 11.8. The van der Waals surface area contributed by atoms with Crippen molar-refractivity contribution in [3.8, 4) is 0 Å². The molecule has 0 bridgehead atoms. The van der Waals surface area contributed by atoms with Crippen LogP contribution in [-0.4, -0.2) is 5.91 Å². The molecule has 0 aliphatic carbocycles. The Morgan fingerprint density at radius 2 is 2.11 bits per heavy atom. The molecule has 0 fully saturated rings. The van der Waals surface area contributed by atoms with Crippen LogP contribution in [0.4, 0.5) is 4.39 Å². The summed E-state index contributed by atoms with van der Waals surface area (Å²) in [5.74, 6) is -0.551. The van der Waals surface area contributed by atoms with Gasteiger partial charge >= 0.3 is 0 Å². The molecule has 1 N–H and O–H groups in total. The van der Waals surface area contributed by atoms with Crippen molar-refractivity contribution in [2.75, 3.05) is 0 Å². The summed E-state index contributed by atoms with van der Waals surface area (Å²) in [7, 11) is 0. The second kappa shape index (κ2) is 5.45. The highest BCUT2D eigenvalue weighted by Gasteiger charge is 2.15. The number of carbonyl (C=O) groups excluding carboxylic acids is 1. The van der Waals surface area contributed by atoms with Gasteiger partial charge in [-0.15, -0.1) is 0 Å². The first-order valence-corrected chi connectivity index (χ1v) is 6.17. The predicted octanol–water partition coefficient (Wildman–Crippen LogP) is 3.87. The summed E-state index contributed by atoms with van der Waals surface area (Å²) < 4.78 is 18.5. The fourth-order valence-corrected chi connectivity index (χ4v) is 1.81. The zero-order valence-electron chi connectivity index (χ0n) is 10.5. The lowest BCUT2D eigenvalue weighted by atomic mass is 10.1. The zero-order valence-corrected chi connectivity index (χ0v) is 11.3. The largest absolute Gasteiger partial charge is 0.440 e. The Labute approximate surface area is 115 Å². The van der Waals surface area contributed by atoms with E-state index in [9.17, 15) is 9.18 Å². The van der Waals surface area contributed by atoms with E-state index in [0.717, 1.165) is 0 Å². The van der Waals surface area contributed by atoms with Crippen LogP contribution in [0.5, 0.6) is 0 Å². The number of rotatable bonds is 3. The van der Waals surface area contributed by atoms with Crippen LogP contribution in [-0.2, 0) is 0 Å². The van der Waals surface area contributed by atoms with E-state index in [1.54, 1.807) is 26.0 Å². The average Bonchev–Trinajstić information content (AvgIpc) is 2.79. The van der Waals surface area contributed by atoms with Crippen LogP contribution >= 0.6 is 11.6 Å². The van der Waals surface area contributed by atoms with E-state index in [4.69, 9.17) is 16.0 Å². The average molecular weight is 282 g/mol. The number of hydrogen-bond donors (Lipinski definition) is 1. The van der Waals surface area contributed by atoms with E-state index >= 15 is 0 Å². The highest BCUT2D eigenvalue weighted by atomic mass is 35.5. The molecule has 2 rings (SSSR count). The van der Waals surface area contributed by atoms with E-state index in [1.165, 1.54) is 18.2 Å². The van der Waals surface area contributed by atoms with Gasteiger partial charge in [-0.2, -0.15) is 0 Å². The van der Waals surface area contributed by atoms with Crippen LogP contribution in [0, 0.1) is 12.7 Å². The number of aryl methyl sites for hydroxylation is 1. The van der Waals surface area contributed by atoms with Gasteiger partial charge in [-0.25, -0.2) is 4.39 Å². The molecule has 1 unspecified atom stereocenters. The normalized spacial score (nSPS) is 12.2. The molecule has 5 heteroatoms. The minimum Gasteiger partial charge on any atom is -0.440 e. The van der Waals surface area contributed by atoms with Crippen molar-refractivity contribution in [3.05, 3.63) is 58.3 Å². The van der Waals surface area contributed by atoms with Crippen LogP contribution in [0.3, 0.4) is 0 Å². The molecule has 3 nitrogen and oxygen atoms in total. The molecule has 0 radical (unpaired) electrons. The van der Waals surface area contributed by atoms with Gasteiger partial charge in [-0.3, -0.25) is 4.79 Å². The van der Waals surface area contributed by atoms with Gasteiger partial charge in [0.05, 0.1) is 6.04 Å². The molecule has 0 spiro atoms. The van der Waals surface area contributed by atoms with E-state index in [2.05, 4.69) is 5.32 Å². The number of hydrogen-bond acceptors (Lipinski definition) is 2. The maximum absolute atomic E-state index is 13.5. The Kier molecular flexibility index (Phi) is 3.90. The molecule has 1 atom stereocenters. The molecular weight excluding hydrogens is 269 g/mol. The molecule has 1 aromatic heterocycles. The van der Waals surface area contributed by atoms with Gasteiger partial charge in [-0.05, 0) is 54.8 Å². The molecular formula is C14H13ClFNO2. The van der Waals surface area contributed by atoms with Crippen LogP contribution in [0.15, 0.2) is 34.7 Å². The molecule has 0 aliphatic heterocycles. The standard InChI is InChI=1S/C14H13ClFNO2/c1-8-3-4-10(7-11(8)16)9(2)17-14(18)12-5-6-13(15)19-12/h3-7,9H,1-2H3,(H,17,18). The lowest BCUT2D eigenvalue weighted by Crippen LogP contribution is -2.26. The first-order chi connectivity index (χ1) is 8.97. The Bertz CT molecular complexity index is 609. The number of nitrogens with one attached hydrogen (secondary N) is 1. The van der Waals surface area contributed by atoms with Crippen molar-refractivity contribution in [1.82, 2.24) is 5.32 Å². The molecule has 2 aromatic rings. The fraction of sp³-hybridized carbons (Fsp3) is 0.214. The van der Waals surface area contributed by atoms with Crippen LogP contribution in [0.2, 0.25) is 5.22 Å². The van der Waals surface area contributed by atoms with Crippen LogP contribution < -0.4 is 5.32 Å². The van der Waals surface area contributed by atoms with Crippen molar-refractivity contribution in [2.24, 2.45) is 0 Å². The maximum atomic E-state index is 13.5.